The van der Waals surface area contributed by atoms with Crippen LogP contribution in [0, 0.1) is 5.82 Å². The van der Waals surface area contributed by atoms with Gasteiger partial charge in [-0.3, -0.25) is 4.98 Å². The van der Waals surface area contributed by atoms with Gasteiger partial charge in [0.25, 0.3) is 0 Å². The zero-order valence-corrected chi connectivity index (χ0v) is 19.5. The Kier molecular flexibility index (Phi) is 5.37. The SMILES string of the molecule is CCS(=O)(=O)c1ccc(F)c(C2=CCC(C)(S(=O)(=O)n3ccc4ccncc43)C(C)=C2)c1. The van der Waals surface area contributed by atoms with Crippen molar-refractivity contribution < 1.29 is 21.2 Å². The van der Waals surface area contributed by atoms with Crippen LogP contribution < -0.4 is 0 Å². The predicted molar refractivity (Wildman–Crippen MR) is 123 cm³/mol. The van der Waals surface area contributed by atoms with Crippen LogP contribution in [0.15, 0.2) is 71.5 Å². The van der Waals surface area contributed by atoms with E-state index in [4.69, 9.17) is 0 Å². The van der Waals surface area contributed by atoms with Crippen molar-refractivity contribution in [2.75, 3.05) is 5.75 Å². The van der Waals surface area contributed by atoms with Gasteiger partial charge in [-0.25, -0.2) is 25.2 Å². The van der Waals surface area contributed by atoms with Gasteiger partial charge in [0.05, 0.1) is 22.4 Å². The standard InChI is InChI=1S/C23H23FN2O4S2/c1-4-31(27,28)19-5-6-21(24)20(14-19)18-7-10-23(3,16(2)13-18)32(29,30)26-12-9-17-8-11-25-15-22(17)26/h5-9,11-15H,4,10H2,1-3H3. The highest BCUT2D eigenvalue weighted by atomic mass is 32.2. The van der Waals surface area contributed by atoms with Gasteiger partial charge in [-0.2, -0.15) is 0 Å². The summed E-state index contributed by atoms with van der Waals surface area (Å²) in [4.78, 5) is 4.08. The van der Waals surface area contributed by atoms with Gasteiger partial charge in [-0.15, -0.1) is 0 Å². The highest BCUT2D eigenvalue weighted by Crippen LogP contribution is 2.40. The molecule has 0 saturated carbocycles. The van der Waals surface area contributed by atoms with Gasteiger partial charge < -0.3 is 0 Å². The molecule has 0 spiro atoms. The number of allylic oxidation sites excluding steroid dienone is 3. The Balaban J connectivity index is 1.77. The van der Waals surface area contributed by atoms with Gasteiger partial charge in [0, 0.05) is 23.3 Å². The van der Waals surface area contributed by atoms with E-state index in [1.54, 1.807) is 44.3 Å². The van der Waals surface area contributed by atoms with Crippen molar-refractivity contribution in [3.63, 3.8) is 0 Å². The molecule has 1 aliphatic rings. The van der Waals surface area contributed by atoms with E-state index in [0.29, 0.717) is 16.7 Å². The molecule has 1 atom stereocenters. The van der Waals surface area contributed by atoms with Crippen LogP contribution in [-0.2, 0) is 19.9 Å². The number of fused-ring (bicyclic) bond motifs is 1. The topological polar surface area (TPSA) is 86.1 Å². The fourth-order valence-electron chi connectivity index (χ4n) is 3.87. The van der Waals surface area contributed by atoms with E-state index in [1.165, 1.54) is 35.4 Å². The summed E-state index contributed by atoms with van der Waals surface area (Å²) in [7, 11) is -7.38. The molecule has 2 heterocycles. The second kappa shape index (κ2) is 7.67. The van der Waals surface area contributed by atoms with E-state index in [9.17, 15) is 21.2 Å². The molecular weight excluding hydrogens is 451 g/mol. The number of aromatic nitrogens is 2. The third kappa shape index (κ3) is 3.40. The lowest BCUT2D eigenvalue weighted by atomic mass is 9.87. The highest BCUT2D eigenvalue weighted by Gasteiger charge is 2.43. The largest absolute Gasteiger partial charge is 0.262 e. The van der Waals surface area contributed by atoms with E-state index in [1.807, 2.05) is 0 Å². The highest BCUT2D eigenvalue weighted by molar-refractivity contribution is 7.91. The van der Waals surface area contributed by atoms with Crippen LogP contribution in [0.3, 0.4) is 0 Å². The second-order valence-corrected chi connectivity index (χ2v) is 12.5. The Bertz CT molecular complexity index is 1500. The van der Waals surface area contributed by atoms with Gasteiger partial charge in [0.2, 0.25) is 10.0 Å². The Morgan fingerprint density at radius 1 is 1.16 bits per heavy atom. The van der Waals surface area contributed by atoms with Crippen LogP contribution in [0.5, 0.6) is 0 Å². The normalized spacial score (nSPS) is 19.6. The van der Waals surface area contributed by atoms with E-state index in [-0.39, 0.29) is 22.6 Å². The van der Waals surface area contributed by atoms with Crippen molar-refractivity contribution in [3.8, 4) is 0 Å². The molecule has 6 nitrogen and oxygen atoms in total. The molecular formula is C23H23FN2O4S2. The lowest BCUT2D eigenvalue weighted by Gasteiger charge is -2.33. The minimum atomic E-state index is -3.87. The lowest BCUT2D eigenvalue weighted by molar-refractivity contribution is 0.547. The minimum Gasteiger partial charge on any atom is -0.262 e. The summed E-state index contributed by atoms with van der Waals surface area (Å²) in [5.41, 5.74) is 1.61. The Hall–Kier alpha value is -2.78. The van der Waals surface area contributed by atoms with Crippen molar-refractivity contribution in [2.24, 2.45) is 0 Å². The van der Waals surface area contributed by atoms with Crippen LogP contribution >= 0.6 is 0 Å². The average Bonchev–Trinajstić information content (AvgIpc) is 3.21. The molecule has 0 bridgehead atoms. The van der Waals surface area contributed by atoms with Crippen molar-refractivity contribution in [1.29, 1.82) is 0 Å². The monoisotopic (exact) mass is 474 g/mol. The van der Waals surface area contributed by atoms with Gasteiger partial charge in [-0.05, 0) is 61.7 Å². The molecule has 0 amide bonds. The molecule has 0 saturated heterocycles. The van der Waals surface area contributed by atoms with Gasteiger partial charge in [-0.1, -0.05) is 19.1 Å². The number of hydrogen-bond acceptors (Lipinski definition) is 5. The fourth-order valence-corrected chi connectivity index (χ4v) is 6.60. The van der Waals surface area contributed by atoms with Crippen LogP contribution in [-0.4, -0.2) is 36.3 Å². The molecule has 4 rings (SSSR count). The van der Waals surface area contributed by atoms with Crippen molar-refractivity contribution in [2.45, 2.75) is 36.8 Å². The van der Waals surface area contributed by atoms with Gasteiger partial charge in [0.15, 0.2) is 9.84 Å². The average molecular weight is 475 g/mol. The van der Waals surface area contributed by atoms with Crippen LogP contribution in [0.1, 0.15) is 32.8 Å². The first-order valence-corrected chi connectivity index (χ1v) is 13.2. The third-order valence-electron chi connectivity index (χ3n) is 6.19. The van der Waals surface area contributed by atoms with Crippen molar-refractivity contribution in [1.82, 2.24) is 8.96 Å². The van der Waals surface area contributed by atoms with E-state index in [0.717, 1.165) is 11.5 Å². The van der Waals surface area contributed by atoms with Crippen LogP contribution in [0.4, 0.5) is 4.39 Å². The predicted octanol–water partition coefficient (Wildman–Crippen LogP) is 4.34. The summed E-state index contributed by atoms with van der Waals surface area (Å²) in [6.07, 6.45) is 7.99. The Morgan fingerprint density at radius 3 is 2.59 bits per heavy atom. The van der Waals surface area contributed by atoms with Gasteiger partial charge >= 0.3 is 0 Å². The first-order valence-electron chi connectivity index (χ1n) is 10.1. The summed E-state index contributed by atoms with van der Waals surface area (Å²) in [5.74, 6) is -0.661. The number of halogens is 1. The second-order valence-electron chi connectivity index (χ2n) is 8.02. The molecule has 1 unspecified atom stereocenters. The first-order chi connectivity index (χ1) is 15.0. The number of benzene rings is 1. The van der Waals surface area contributed by atoms with Crippen molar-refractivity contribution >= 4 is 36.3 Å². The van der Waals surface area contributed by atoms with E-state index >= 15 is 0 Å². The van der Waals surface area contributed by atoms with Gasteiger partial charge in [0.1, 0.15) is 10.6 Å². The van der Waals surface area contributed by atoms with E-state index < -0.39 is 30.4 Å². The lowest BCUT2D eigenvalue weighted by Crippen LogP contribution is -2.41. The Labute approximate surface area is 187 Å². The maximum atomic E-state index is 14.6. The number of hydrogen-bond donors (Lipinski definition) is 0. The summed E-state index contributed by atoms with van der Waals surface area (Å²) in [5, 5.41) is 0.761. The number of rotatable bonds is 5. The molecule has 0 fully saturated rings. The number of pyridine rings is 1. The molecule has 0 radical (unpaired) electrons. The number of nitrogens with zero attached hydrogens (tertiary/aromatic N) is 2. The maximum Gasteiger partial charge on any atom is 0.248 e. The van der Waals surface area contributed by atoms with Crippen LogP contribution in [0.25, 0.3) is 16.5 Å². The summed E-state index contributed by atoms with van der Waals surface area (Å²) < 4.78 is 66.3. The molecule has 0 N–H and O–H groups in total. The fraction of sp³-hybridized carbons (Fsp3) is 0.261. The molecule has 2 aromatic heterocycles. The molecule has 1 aliphatic carbocycles. The quantitative estimate of drug-likeness (QED) is 0.514. The summed E-state index contributed by atoms with van der Waals surface area (Å²) in [6, 6.07) is 7.15. The zero-order valence-electron chi connectivity index (χ0n) is 17.9. The molecule has 0 aliphatic heterocycles. The zero-order chi connectivity index (χ0) is 23.3. The number of sulfone groups is 1. The molecule has 168 valence electrons. The molecule has 32 heavy (non-hydrogen) atoms. The molecule has 9 heteroatoms. The minimum absolute atomic E-state index is 0.0376. The summed E-state index contributed by atoms with van der Waals surface area (Å²) >= 11 is 0. The molecule has 3 aromatic rings. The third-order valence-corrected chi connectivity index (χ3v) is 10.4. The van der Waals surface area contributed by atoms with Crippen molar-refractivity contribution in [3.05, 3.63) is 78.0 Å². The summed E-state index contributed by atoms with van der Waals surface area (Å²) in [6.45, 7) is 4.86. The smallest absolute Gasteiger partial charge is 0.248 e. The Morgan fingerprint density at radius 2 is 1.91 bits per heavy atom. The maximum absolute atomic E-state index is 14.6. The van der Waals surface area contributed by atoms with E-state index in [2.05, 4.69) is 4.98 Å². The first kappa shape index (κ1) is 22.4. The molecule has 1 aromatic carbocycles. The van der Waals surface area contributed by atoms with Crippen LogP contribution in [0.2, 0.25) is 0 Å².